The Kier molecular flexibility index (Phi) is 6.59. The Labute approximate surface area is 146 Å². The van der Waals surface area contributed by atoms with Crippen LogP contribution in [0.4, 0.5) is 0 Å². The van der Waals surface area contributed by atoms with E-state index < -0.39 is 0 Å². The first-order valence-corrected chi connectivity index (χ1v) is 7.77. The van der Waals surface area contributed by atoms with Gasteiger partial charge in [-0.05, 0) is 55.0 Å². The lowest BCUT2D eigenvalue weighted by atomic mass is 10.2. The number of hydrazone groups is 1. The molecule has 0 fully saturated rings. The number of amides is 1. The number of rotatable bonds is 8. The molecule has 2 aromatic carbocycles. The van der Waals surface area contributed by atoms with E-state index in [4.69, 9.17) is 9.47 Å². The van der Waals surface area contributed by atoms with Gasteiger partial charge in [-0.15, -0.1) is 0 Å². The molecule has 6 heteroatoms. The maximum absolute atomic E-state index is 12.0. The van der Waals surface area contributed by atoms with Gasteiger partial charge in [0, 0.05) is 5.56 Å². The Morgan fingerprint density at radius 2 is 2.00 bits per heavy atom. The van der Waals surface area contributed by atoms with Crippen molar-refractivity contribution in [3.05, 3.63) is 66.2 Å². The van der Waals surface area contributed by atoms with Crippen LogP contribution in [0.3, 0.4) is 0 Å². The number of carbonyl (C=O) groups excluding carboxylic acids is 1. The van der Waals surface area contributed by atoms with E-state index in [2.05, 4.69) is 17.1 Å². The second-order valence-corrected chi connectivity index (χ2v) is 4.98. The SMILES string of the molecule is C=CCOc1ccc(C(=O)N/N=C/c2ccc(O)c(OCC)c2)cc1. The molecule has 0 bridgehead atoms. The number of hydrogen-bond donors (Lipinski definition) is 2. The van der Waals surface area contributed by atoms with Crippen LogP contribution in [0.5, 0.6) is 17.2 Å². The zero-order chi connectivity index (χ0) is 18.1. The van der Waals surface area contributed by atoms with Crippen molar-refractivity contribution in [2.75, 3.05) is 13.2 Å². The van der Waals surface area contributed by atoms with Crippen LogP contribution in [0.25, 0.3) is 0 Å². The minimum atomic E-state index is -0.338. The molecule has 2 aromatic rings. The van der Waals surface area contributed by atoms with Gasteiger partial charge in [0.2, 0.25) is 0 Å². The van der Waals surface area contributed by atoms with Crippen molar-refractivity contribution in [2.24, 2.45) is 5.10 Å². The molecule has 1 amide bonds. The van der Waals surface area contributed by atoms with Crippen LogP contribution in [-0.4, -0.2) is 30.4 Å². The number of hydrogen-bond acceptors (Lipinski definition) is 5. The van der Waals surface area contributed by atoms with Gasteiger partial charge in [0.05, 0.1) is 12.8 Å². The van der Waals surface area contributed by atoms with Gasteiger partial charge >= 0.3 is 0 Å². The van der Waals surface area contributed by atoms with E-state index in [9.17, 15) is 9.90 Å². The monoisotopic (exact) mass is 340 g/mol. The van der Waals surface area contributed by atoms with Crippen LogP contribution in [0.1, 0.15) is 22.8 Å². The minimum Gasteiger partial charge on any atom is -0.504 e. The number of phenolic OH excluding ortho intramolecular Hbond substituents is 1. The van der Waals surface area contributed by atoms with E-state index >= 15 is 0 Å². The fourth-order valence-electron chi connectivity index (χ4n) is 1.97. The van der Waals surface area contributed by atoms with Gasteiger partial charge in [0.15, 0.2) is 11.5 Å². The van der Waals surface area contributed by atoms with E-state index in [1.165, 1.54) is 12.3 Å². The molecule has 0 aliphatic carbocycles. The van der Waals surface area contributed by atoms with Crippen molar-refractivity contribution in [1.29, 1.82) is 0 Å². The minimum absolute atomic E-state index is 0.0572. The molecule has 0 aliphatic rings. The molecular weight excluding hydrogens is 320 g/mol. The van der Waals surface area contributed by atoms with Gasteiger partial charge in [-0.1, -0.05) is 12.7 Å². The Hall–Kier alpha value is -3.28. The lowest BCUT2D eigenvalue weighted by Gasteiger charge is -2.06. The van der Waals surface area contributed by atoms with E-state index in [1.54, 1.807) is 42.5 Å². The third-order valence-electron chi connectivity index (χ3n) is 3.15. The average molecular weight is 340 g/mol. The fourth-order valence-corrected chi connectivity index (χ4v) is 1.97. The van der Waals surface area contributed by atoms with E-state index in [0.717, 1.165) is 0 Å². The van der Waals surface area contributed by atoms with Gasteiger partial charge in [-0.25, -0.2) is 5.43 Å². The molecule has 0 atom stereocenters. The van der Waals surface area contributed by atoms with Crippen molar-refractivity contribution < 1.29 is 19.4 Å². The van der Waals surface area contributed by atoms with Gasteiger partial charge in [-0.3, -0.25) is 4.79 Å². The second-order valence-electron chi connectivity index (χ2n) is 4.98. The van der Waals surface area contributed by atoms with Crippen molar-refractivity contribution in [3.63, 3.8) is 0 Å². The number of aromatic hydroxyl groups is 1. The largest absolute Gasteiger partial charge is 0.504 e. The molecule has 0 unspecified atom stereocenters. The predicted octanol–water partition coefficient (Wildman–Crippen LogP) is 3.12. The predicted molar refractivity (Wildman–Crippen MR) is 96.5 cm³/mol. The first kappa shape index (κ1) is 18.1. The van der Waals surface area contributed by atoms with E-state index in [-0.39, 0.29) is 11.7 Å². The Balaban J connectivity index is 1.96. The summed E-state index contributed by atoms with van der Waals surface area (Å²) in [6, 6.07) is 11.5. The summed E-state index contributed by atoms with van der Waals surface area (Å²) >= 11 is 0. The fraction of sp³-hybridized carbons (Fsp3) is 0.158. The number of benzene rings is 2. The number of carbonyl (C=O) groups is 1. The summed E-state index contributed by atoms with van der Waals surface area (Å²) in [5.41, 5.74) is 3.60. The molecule has 2 rings (SSSR count). The standard InChI is InChI=1S/C19H20N2O4/c1-3-11-25-16-8-6-15(7-9-16)19(23)21-20-13-14-5-10-17(22)18(12-14)24-4-2/h3,5-10,12-13,22H,1,4,11H2,2H3,(H,21,23)/b20-13+. The van der Waals surface area contributed by atoms with Crippen molar-refractivity contribution in [1.82, 2.24) is 5.43 Å². The molecule has 130 valence electrons. The highest BCUT2D eigenvalue weighted by Crippen LogP contribution is 2.26. The molecule has 0 heterocycles. The van der Waals surface area contributed by atoms with Crippen molar-refractivity contribution in [3.8, 4) is 17.2 Å². The normalized spacial score (nSPS) is 10.4. The van der Waals surface area contributed by atoms with Gasteiger partial charge < -0.3 is 14.6 Å². The summed E-state index contributed by atoms with van der Waals surface area (Å²) in [5, 5.41) is 13.6. The molecule has 0 saturated carbocycles. The third-order valence-corrected chi connectivity index (χ3v) is 3.15. The topological polar surface area (TPSA) is 80.2 Å². The molecule has 6 nitrogen and oxygen atoms in total. The van der Waals surface area contributed by atoms with Crippen molar-refractivity contribution >= 4 is 12.1 Å². The van der Waals surface area contributed by atoms with Gasteiger partial charge in [0.1, 0.15) is 12.4 Å². The summed E-state index contributed by atoms with van der Waals surface area (Å²) in [6.07, 6.45) is 3.12. The van der Waals surface area contributed by atoms with Crippen LogP contribution in [0.15, 0.2) is 60.2 Å². The van der Waals surface area contributed by atoms with E-state index in [1.807, 2.05) is 6.92 Å². The Morgan fingerprint density at radius 3 is 2.68 bits per heavy atom. The first-order valence-electron chi connectivity index (χ1n) is 7.77. The maximum Gasteiger partial charge on any atom is 0.271 e. The lowest BCUT2D eigenvalue weighted by molar-refractivity contribution is 0.0955. The molecule has 25 heavy (non-hydrogen) atoms. The third kappa shape index (κ3) is 5.39. The van der Waals surface area contributed by atoms with Gasteiger partial charge in [0.25, 0.3) is 5.91 Å². The highest BCUT2D eigenvalue weighted by molar-refractivity contribution is 5.95. The number of phenols is 1. The number of nitrogens with one attached hydrogen (secondary N) is 1. The summed E-state index contributed by atoms with van der Waals surface area (Å²) in [5.74, 6) is 0.748. The molecule has 0 aliphatic heterocycles. The van der Waals surface area contributed by atoms with Crippen LogP contribution in [-0.2, 0) is 0 Å². The van der Waals surface area contributed by atoms with E-state index in [0.29, 0.717) is 35.8 Å². The number of nitrogens with zero attached hydrogens (tertiary/aromatic N) is 1. The molecule has 0 radical (unpaired) electrons. The first-order chi connectivity index (χ1) is 12.1. The zero-order valence-electron chi connectivity index (χ0n) is 13.9. The molecule has 2 N–H and O–H groups in total. The molecule has 0 aromatic heterocycles. The molecule has 0 saturated heterocycles. The molecule has 0 spiro atoms. The summed E-state index contributed by atoms with van der Waals surface area (Å²) in [7, 11) is 0. The Bertz CT molecular complexity index is 755. The van der Waals surface area contributed by atoms with Gasteiger partial charge in [-0.2, -0.15) is 5.10 Å². The Morgan fingerprint density at radius 1 is 1.24 bits per heavy atom. The summed E-state index contributed by atoms with van der Waals surface area (Å²) in [4.78, 5) is 12.0. The highest BCUT2D eigenvalue weighted by atomic mass is 16.5. The zero-order valence-corrected chi connectivity index (χ0v) is 13.9. The number of ether oxygens (including phenoxy) is 2. The maximum atomic E-state index is 12.0. The lowest BCUT2D eigenvalue weighted by Crippen LogP contribution is -2.17. The summed E-state index contributed by atoms with van der Waals surface area (Å²) in [6.45, 7) is 6.25. The second kappa shape index (κ2) is 9.12. The smallest absolute Gasteiger partial charge is 0.271 e. The van der Waals surface area contributed by atoms with Crippen LogP contribution < -0.4 is 14.9 Å². The van der Waals surface area contributed by atoms with Crippen molar-refractivity contribution in [2.45, 2.75) is 6.92 Å². The van der Waals surface area contributed by atoms with Crippen LogP contribution >= 0.6 is 0 Å². The molecular formula is C19H20N2O4. The highest BCUT2D eigenvalue weighted by Gasteiger charge is 2.05. The summed E-state index contributed by atoms with van der Waals surface area (Å²) < 4.78 is 10.7. The quantitative estimate of drug-likeness (QED) is 0.439. The average Bonchev–Trinajstić information content (AvgIpc) is 2.63. The van der Waals surface area contributed by atoms with Crippen LogP contribution in [0, 0.1) is 0 Å². The van der Waals surface area contributed by atoms with Crippen LogP contribution in [0.2, 0.25) is 0 Å².